The Labute approximate surface area is 114 Å². The first kappa shape index (κ1) is 13.9. The van der Waals surface area contributed by atoms with Crippen LogP contribution in [0.5, 0.6) is 0 Å². The smallest absolute Gasteiger partial charge is 0.270 e. The summed E-state index contributed by atoms with van der Waals surface area (Å²) in [7, 11) is -3.47. The van der Waals surface area contributed by atoms with Gasteiger partial charge in [-0.3, -0.25) is 10.1 Å². The van der Waals surface area contributed by atoms with Crippen LogP contribution in [-0.4, -0.2) is 30.8 Å². The lowest BCUT2D eigenvalue weighted by Crippen LogP contribution is -2.24. The zero-order valence-electron chi connectivity index (χ0n) is 10.2. The van der Waals surface area contributed by atoms with E-state index in [1.165, 1.54) is 6.07 Å². The summed E-state index contributed by atoms with van der Waals surface area (Å²) in [6.45, 7) is 0. The zero-order chi connectivity index (χ0) is 14.9. The summed E-state index contributed by atoms with van der Waals surface area (Å²) in [6.07, 6.45) is 0.0906. The molecule has 0 atom stereocenters. The number of guanidine groups is 1. The van der Waals surface area contributed by atoms with Crippen LogP contribution in [0.3, 0.4) is 0 Å². The number of hydrogen-bond donors (Lipinski definition) is 2. The van der Waals surface area contributed by atoms with Crippen molar-refractivity contribution in [2.75, 3.05) is 5.75 Å². The number of rotatable bonds is 2. The minimum atomic E-state index is -3.47. The van der Waals surface area contributed by atoms with Crippen molar-refractivity contribution in [2.45, 2.75) is 11.3 Å². The topological polar surface area (TPSA) is 154 Å². The van der Waals surface area contributed by atoms with Crippen LogP contribution in [0.25, 0.3) is 0 Å². The maximum absolute atomic E-state index is 11.9. The van der Waals surface area contributed by atoms with Crippen LogP contribution in [0.4, 0.5) is 5.69 Å². The number of non-ortho nitro benzene ring substituents is 1. The lowest BCUT2D eigenvalue weighted by atomic mass is 10.1. The highest BCUT2D eigenvalue weighted by Gasteiger charge is 2.29. The van der Waals surface area contributed by atoms with E-state index in [1.54, 1.807) is 0 Å². The van der Waals surface area contributed by atoms with Crippen LogP contribution in [0.15, 0.2) is 33.3 Å². The van der Waals surface area contributed by atoms with Gasteiger partial charge in [0.15, 0.2) is 9.84 Å². The molecule has 0 fully saturated rings. The second kappa shape index (κ2) is 4.89. The van der Waals surface area contributed by atoms with Crippen LogP contribution in [-0.2, 0) is 9.84 Å². The third-order valence-corrected chi connectivity index (χ3v) is 4.48. The molecular formula is C10H11N5O4S. The fraction of sp³-hybridized carbons (Fsp3) is 0.200. The average molecular weight is 297 g/mol. The van der Waals surface area contributed by atoms with Gasteiger partial charge in [-0.1, -0.05) is 0 Å². The molecule has 106 valence electrons. The lowest BCUT2D eigenvalue weighted by Gasteiger charge is -2.17. The number of hydrogen-bond acceptors (Lipinski definition) is 6. The van der Waals surface area contributed by atoms with Gasteiger partial charge >= 0.3 is 0 Å². The van der Waals surface area contributed by atoms with Crippen molar-refractivity contribution < 1.29 is 13.3 Å². The van der Waals surface area contributed by atoms with E-state index in [4.69, 9.17) is 11.5 Å². The molecule has 0 aliphatic carbocycles. The van der Waals surface area contributed by atoms with Crippen molar-refractivity contribution in [3.05, 3.63) is 33.9 Å². The Kier molecular flexibility index (Phi) is 3.40. The molecule has 10 heteroatoms. The number of nitro benzene ring substituents is 1. The monoisotopic (exact) mass is 297 g/mol. The van der Waals surface area contributed by atoms with E-state index in [9.17, 15) is 18.5 Å². The molecule has 20 heavy (non-hydrogen) atoms. The molecule has 4 N–H and O–H groups in total. The summed E-state index contributed by atoms with van der Waals surface area (Å²) in [5.74, 6) is -0.422. The van der Waals surface area contributed by atoms with Gasteiger partial charge in [-0.2, -0.15) is 5.10 Å². The average Bonchev–Trinajstić information content (AvgIpc) is 2.37. The van der Waals surface area contributed by atoms with E-state index in [1.807, 2.05) is 0 Å². The van der Waals surface area contributed by atoms with E-state index < -0.39 is 14.8 Å². The molecule has 1 aliphatic heterocycles. The first-order valence-electron chi connectivity index (χ1n) is 5.48. The van der Waals surface area contributed by atoms with Gasteiger partial charge in [0, 0.05) is 24.1 Å². The molecule has 0 unspecified atom stereocenters. The molecular weight excluding hydrogens is 286 g/mol. The molecule has 0 bridgehead atoms. The number of benzene rings is 1. The standard InChI is InChI=1S/C10H11N5O4S/c11-10(12)14-13-8-3-4-20(18,19)9-2-1-6(15(16)17)5-7(8)9/h1-2,5H,3-4H2,(H4,11,12,14)/b13-8+. The predicted molar refractivity (Wildman–Crippen MR) is 72.1 cm³/mol. The normalized spacial score (nSPS) is 18.3. The Hall–Kier alpha value is -2.49. The van der Waals surface area contributed by atoms with Crippen molar-refractivity contribution in [1.82, 2.24) is 0 Å². The summed E-state index contributed by atoms with van der Waals surface area (Å²) >= 11 is 0. The largest absolute Gasteiger partial charge is 0.369 e. The van der Waals surface area contributed by atoms with Gasteiger partial charge in [0.05, 0.1) is 21.3 Å². The molecule has 9 nitrogen and oxygen atoms in total. The maximum Gasteiger partial charge on any atom is 0.270 e. The minimum Gasteiger partial charge on any atom is -0.369 e. The highest BCUT2D eigenvalue weighted by Crippen LogP contribution is 2.28. The second-order valence-corrected chi connectivity index (χ2v) is 6.16. The van der Waals surface area contributed by atoms with Gasteiger partial charge in [-0.15, -0.1) is 5.10 Å². The third kappa shape index (κ3) is 2.59. The van der Waals surface area contributed by atoms with Crippen LogP contribution in [0.2, 0.25) is 0 Å². The number of sulfone groups is 1. The van der Waals surface area contributed by atoms with Crippen molar-refractivity contribution in [3.63, 3.8) is 0 Å². The predicted octanol–water partition coefficient (Wildman–Crippen LogP) is -0.250. The summed E-state index contributed by atoms with van der Waals surface area (Å²) in [6, 6.07) is 3.50. The van der Waals surface area contributed by atoms with E-state index in [-0.39, 0.29) is 34.3 Å². The number of fused-ring (bicyclic) bond motifs is 1. The Balaban J connectivity index is 2.66. The molecule has 0 radical (unpaired) electrons. The van der Waals surface area contributed by atoms with Gasteiger partial charge < -0.3 is 11.5 Å². The van der Waals surface area contributed by atoms with E-state index in [0.717, 1.165) is 12.1 Å². The Morgan fingerprint density at radius 3 is 2.65 bits per heavy atom. The fourth-order valence-electron chi connectivity index (χ4n) is 1.83. The molecule has 0 spiro atoms. The third-order valence-electron chi connectivity index (χ3n) is 2.71. The summed E-state index contributed by atoms with van der Waals surface area (Å²) in [5, 5.41) is 18.0. The van der Waals surface area contributed by atoms with Crippen molar-refractivity contribution in [3.8, 4) is 0 Å². The molecule has 0 saturated heterocycles. The number of nitro groups is 1. The number of nitrogens with zero attached hydrogens (tertiary/aromatic N) is 3. The van der Waals surface area contributed by atoms with E-state index in [2.05, 4.69) is 10.2 Å². The van der Waals surface area contributed by atoms with Gasteiger partial charge in [0.25, 0.3) is 5.69 Å². The van der Waals surface area contributed by atoms with Crippen LogP contribution in [0, 0.1) is 10.1 Å². The Morgan fingerprint density at radius 2 is 2.05 bits per heavy atom. The summed E-state index contributed by atoms with van der Waals surface area (Å²) < 4.78 is 23.9. The molecule has 1 aliphatic rings. The van der Waals surface area contributed by atoms with E-state index >= 15 is 0 Å². The van der Waals surface area contributed by atoms with Crippen molar-refractivity contribution in [1.29, 1.82) is 0 Å². The molecule has 0 amide bonds. The quantitative estimate of drug-likeness (QED) is 0.332. The molecule has 1 aromatic carbocycles. The summed E-state index contributed by atoms with van der Waals surface area (Å²) in [4.78, 5) is 10.2. The molecule has 0 aromatic heterocycles. The van der Waals surface area contributed by atoms with Gasteiger partial charge in [0.2, 0.25) is 5.96 Å². The Bertz CT molecular complexity index is 734. The van der Waals surface area contributed by atoms with Gasteiger partial charge in [0.1, 0.15) is 0 Å². The SMILES string of the molecule is NC(N)=N/N=C1\CCS(=O)(=O)c2ccc([N+](=O)[O-])cc21. The Morgan fingerprint density at radius 1 is 1.35 bits per heavy atom. The lowest BCUT2D eigenvalue weighted by molar-refractivity contribution is -0.384. The zero-order valence-corrected chi connectivity index (χ0v) is 11.0. The summed E-state index contributed by atoms with van der Waals surface area (Å²) in [5.41, 5.74) is 10.5. The molecule has 1 aromatic rings. The van der Waals surface area contributed by atoms with Gasteiger partial charge in [-0.25, -0.2) is 8.42 Å². The van der Waals surface area contributed by atoms with Crippen molar-refractivity contribution >= 4 is 27.2 Å². The fourth-order valence-corrected chi connectivity index (χ4v) is 3.30. The van der Waals surface area contributed by atoms with Crippen LogP contribution in [0.1, 0.15) is 12.0 Å². The minimum absolute atomic E-state index is 0.00103. The maximum atomic E-state index is 11.9. The van der Waals surface area contributed by atoms with Gasteiger partial charge in [-0.05, 0) is 6.07 Å². The van der Waals surface area contributed by atoms with Crippen LogP contribution >= 0.6 is 0 Å². The number of nitrogens with two attached hydrogens (primary N) is 2. The first-order valence-corrected chi connectivity index (χ1v) is 7.13. The highest BCUT2D eigenvalue weighted by atomic mass is 32.2. The molecule has 2 rings (SSSR count). The second-order valence-electron chi connectivity index (χ2n) is 4.08. The van der Waals surface area contributed by atoms with Crippen LogP contribution < -0.4 is 11.5 Å². The molecule has 0 saturated carbocycles. The first-order chi connectivity index (χ1) is 9.31. The molecule has 1 heterocycles. The van der Waals surface area contributed by atoms with Crippen molar-refractivity contribution in [2.24, 2.45) is 21.7 Å². The highest BCUT2D eigenvalue weighted by molar-refractivity contribution is 7.91. The van der Waals surface area contributed by atoms with E-state index in [0.29, 0.717) is 5.71 Å².